The Bertz CT molecular complexity index is 295. The molecule has 0 amide bonds. The Labute approximate surface area is 92.6 Å². The highest BCUT2D eigenvalue weighted by Crippen LogP contribution is 2.19. The standard InChI is InChI=1S/C8H13ClN4S/c1-12-2-4-13(5-3-12)6-7-8(9)14-11-10-7/h2-6H2,1H3. The molecular formula is C8H13ClN4S. The highest BCUT2D eigenvalue weighted by Gasteiger charge is 2.16. The van der Waals surface area contributed by atoms with Gasteiger partial charge >= 0.3 is 0 Å². The number of piperazine rings is 1. The van der Waals surface area contributed by atoms with Crippen LogP contribution in [-0.2, 0) is 6.54 Å². The molecule has 0 N–H and O–H groups in total. The van der Waals surface area contributed by atoms with Crippen molar-refractivity contribution >= 4 is 23.1 Å². The number of halogens is 1. The van der Waals surface area contributed by atoms with Gasteiger partial charge in [-0.05, 0) is 7.05 Å². The normalized spacial score (nSPS) is 20.1. The summed E-state index contributed by atoms with van der Waals surface area (Å²) in [6.45, 7) is 5.25. The SMILES string of the molecule is CN1CCN(Cc2nnsc2Cl)CC1. The summed E-state index contributed by atoms with van der Waals surface area (Å²) in [6.07, 6.45) is 0. The third-order valence-corrected chi connectivity index (χ3v) is 3.46. The van der Waals surface area contributed by atoms with Crippen LogP contribution in [0.3, 0.4) is 0 Å². The lowest BCUT2D eigenvalue weighted by atomic mass is 10.3. The lowest BCUT2D eigenvalue weighted by Gasteiger charge is -2.31. The van der Waals surface area contributed by atoms with E-state index >= 15 is 0 Å². The van der Waals surface area contributed by atoms with Gasteiger partial charge in [0.1, 0.15) is 10.0 Å². The Morgan fingerprint density at radius 3 is 2.64 bits per heavy atom. The number of rotatable bonds is 2. The predicted octanol–water partition coefficient (Wildman–Crippen LogP) is 0.939. The fraction of sp³-hybridized carbons (Fsp3) is 0.750. The molecule has 0 saturated carbocycles. The molecule has 1 aliphatic rings. The zero-order valence-electron chi connectivity index (χ0n) is 8.11. The van der Waals surface area contributed by atoms with Crippen molar-refractivity contribution in [2.45, 2.75) is 6.54 Å². The average Bonchev–Trinajstić information content (AvgIpc) is 2.56. The zero-order chi connectivity index (χ0) is 9.97. The minimum absolute atomic E-state index is 0.726. The van der Waals surface area contributed by atoms with E-state index in [4.69, 9.17) is 11.6 Å². The van der Waals surface area contributed by atoms with E-state index in [1.165, 1.54) is 11.5 Å². The van der Waals surface area contributed by atoms with Crippen molar-refractivity contribution in [3.8, 4) is 0 Å². The molecule has 1 aliphatic heterocycles. The summed E-state index contributed by atoms with van der Waals surface area (Å²) in [5.41, 5.74) is 0.918. The maximum atomic E-state index is 5.94. The molecule has 1 aromatic heterocycles. The van der Waals surface area contributed by atoms with Gasteiger partial charge in [0.15, 0.2) is 0 Å². The molecule has 1 aromatic rings. The predicted molar refractivity (Wildman–Crippen MR) is 57.7 cm³/mol. The third-order valence-electron chi connectivity index (χ3n) is 2.48. The Balaban J connectivity index is 1.89. The summed E-state index contributed by atoms with van der Waals surface area (Å²) in [4.78, 5) is 4.69. The first-order valence-corrected chi connectivity index (χ1v) is 5.78. The second-order valence-electron chi connectivity index (χ2n) is 3.57. The molecule has 1 saturated heterocycles. The van der Waals surface area contributed by atoms with Crippen molar-refractivity contribution in [1.82, 2.24) is 19.4 Å². The van der Waals surface area contributed by atoms with Gasteiger partial charge < -0.3 is 4.90 Å². The molecule has 14 heavy (non-hydrogen) atoms. The van der Waals surface area contributed by atoms with Gasteiger partial charge in [-0.2, -0.15) is 0 Å². The number of hydrogen-bond acceptors (Lipinski definition) is 5. The minimum Gasteiger partial charge on any atom is -0.304 e. The van der Waals surface area contributed by atoms with Gasteiger partial charge in [0, 0.05) is 44.3 Å². The Kier molecular flexibility index (Phi) is 3.33. The number of aromatic nitrogens is 2. The van der Waals surface area contributed by atoms with Crippen LogP contribution in [-0.4, -0.2) is 52.6 Å². The van der Waals surface area contributed by atoms with Crippen LogP contribution < -0.4 is 0 Å². The summed E-state index contributed by atoms with van der Waals surface area (Å²) in [6, 6.07) is 0. The average molecular weight is 233 g/mol. The Morgan fingerprint density at radius 1 is 1.36 bits per heavy atom. The van der Waals surface area contributed by atoms with E-state index in [1.807, 2.05) is 0 Å². The second kappa shape index (κ2) is 4.53. The quantitative estimate of drug-likeness (QED) is 0.760. The minimum atomic E-state index is 0.726. The fourth-order valence-corrected chi connectivity index (χ4v) is 2.12. The van der Waals surface area contributed by atoms with Crippen LogP contribution in [0.2, 0.25) is 4.34 Å². The Morgan fingerprint density at radius 2 is 2.07 bits per heavy atom. The lowest BCUT2D eigenvalue weighted by Crippen LogP contribution is -2.43. The highest BCUT2D eigenvalue weighted by atomic mass is 35.5. The van der Waals surface area contributed by atoms with Crippen molar-refractivity contribution in [3.05, 3.63) is 10.0 Å². The van der Waals surface area contributed by atoms with E-state index in [0.29, 0.717) is 0 Å². The first-order valence-electron chi connectivity index (χ1n) is 4.63. The summed E-state index contributed by atoms with van der Waals surface area (Å²) < 4.78 is 4.55. The molecule has 78 valence electrons. The molecule has 6 heteroatoms. The van der Waals surface area contributed by atoms with Gasteiger partial charge in [0.2, 0.25) is 0 Å². The largest absolute Gasteiger partial charge is 0.304 e. The van der Waals surface area contributed by atoms with Crippen LogP contribution in [0.15, 0.2) is 0 Å². The van der Waals surface area contributed by atoms with Gasteiger partial charge in [-0.1, -0.05) is 16.1 Å². The van der Waals surface area contributed by atoms with Gasteiger partial charge in [-0.3, -0.25) is 4.90 Å². The van der Waals surface area contributed by atoms with Gasteiger partial charge in [0.25, 0.3) is 0 Å². The van der Waals surface area contributed by atoms with E-state index < -0.39 is 0 Å². The third kappa shape index (κ3) is 2.42. The van der Waals surface area contributed by atoms with E-state index in [1.54, 1.807) is 0 Å². The molecule has 1 fully saturated rings. The molecular weight excluding hydrogens is 220 g/mol. The van der Waals surface area contributed by atoms with Crippen LogP contribution in [0.25, 0.3) is 0 Å². The molecule has 0 spiro atoms. The van der Waals surface area contributed by atoms with Crippen molar-refractivity contribution in [1.29, 1.82) is 0 Å². The molecule has 0 unspecified atom stereocenters. The first kappa shape index (κ1) is 10.3. The van der Waals surface area contributed by atoms with E-state index in [2.05, 4.69) is 26.4 Å². The van der Waals surface area contributed by atoms with Gasteiger partial charge in [-0.15, -0.1) is 5.10 Å². The Hall–Kier alpha value is -0.230. The molecule has 2 rings (SSSR count). The first-order chi connectivity index (χ1) is 6.75. The molecule has 2 heterocycles. The molecule has 0 bridgehead atoms. The summed E-state index contributed by atoms with van der Waals surface area (Å²) >= 11 is 7.20. The van der Waals surface area contributed by atoms with Crippen molar-refractivity contribution in [2.75, 3.05) is 33.2 Å². The second-order valence-corrected chi connectivity index (χ2v) is 4.93. The maximum Gasteiger partial charge on any atom is 0.138 e. The van der Waals surface area contributed by atoms with Crippen molar-refractivity contribution < 1.29 is 0 Å². The number of likely N-dealkylation sites (N-methyl/N-ethyl adjacent to an activating group) is 1. The number of hydrogen-bond donors (Lipinski definition) is 0. The van der Waals surface area contributed by atoms with E-state index in [-0.39, 0.29) is 0 Å². The van der Waals surface area contributed by atoms with Crippen LogP contribution in [0.4, 0.5) is 0 Å². The van der Waals surface area contributed by atoms with Crippen LogP contribution in [0.5, 0.6) is 0 Å². The summed E-state index contributed by atoms with van der Waals surface area (Å²) in [5, 5.41) is 4.01. The summed E-state index contributed by atoms with van der Waals surface area (Å²) in [5.74, 6) is 0. The molecule has 4 nitrogen and oxygen atoms in total. The number of nitrogens with zero attached hydrogens (tertiary/aromatic N) is 4. The molecule has 0 aromatic carbocycles. The topological polar surface area (TPSA) is 32.3 Å². The monoisotopic (exact) mass is 232 g/mol. The zero-order valence-corrected chi connectivity index (χ0v) is 9.68. The van der Waals surface area contributed by atoms with E-state index in [9.17, 15) is 0 Å². The van der Waals surface area contributed by atoms with Crippen molar-refractivity contribution in [2.24, 2.45) is 0 Å². The van der Waals surface area contributed by atoms with Crippen LogP contribution in [0.1, 0.15) is 5.69 Å². The lowest BCUT2D eigenvalue weighted by molar-refractivity contribution is 0.147. The van der Waals surface area contributed by atoms with E-state index in [0.717, 1.165) is 42.8 Å². The molecule has 0 radical (unpaired) electrons. The van der Waals surface area contributed by atoms with Crippen LogP contribution >= 0.6 is 23.1 Å². The fourth-order valence-electron chi connectivity index (χ4n) is 1.51. The molecule has 0 atom stereocenters. The molecule has 0 aliphatic carbocycles. The smallest absolute Gasteiger partial charge is 0.138 e. The van der Waals surface area contributed by atoms with Crippen LogP contribution in [0, 0.1) is 0 Å². The van der Waals surface area contributed by atoms with Crippen molar-refractivity contribution in [3.63, 3.8) is 0 Å². The maximum absolute atomic E-state index is 5.94. The van der Waals surface area contributed by atoms with Gasteiger partial charge in [0.05, 0.1) is 0 Å². The highest BCUT2D eigenvalue weighted by molar-refractivity contribution is 7.10. The van der Waals surface area contributed by atoms with Gasteiger partial charge in [-0.25, -0.2) is 0 Å². The summed E-state index contributed by atoms with van der Waals surface area (Å²) in [7, 11) is 2.15.